The number of aliphatic hydroxyl groups excluding tert-OH is 1. The van der Waals surface area contributed by atoms with Crippen molar-refractivity contribution < 1.29 is 10.2 Å². The molecule has 0 saturated heterocycles. The fourth-order valence-corrected chi connectivity index (χ4v) is 3.51. The maximum atomic E-state index is 10.7. The third-order valence-electron chi connectivity index (χ3n) is 5.00. The van der Waals surface area contributed by atoms with Gasteiger partial charge >= 0.3 is 0 Å². The molecule has 1 fully saturated rings. The van der Waals surface area contributed by atoms with Gasteiger partial charge in [0.15, 0.2) is 0 Å². The molecule has 20 heavy (non-hydrogen) atoms. The average molecular weight is 276 g/mol. The Hall–Kier alpha value is -0.860. The highest BCUT2D eigenvalue weighted by molar-refractivity contribution is 5.38. The summed E-state index contributed by atoms with van der Waals surface area (Å²) in [4.78, 5) is 0. The first-order valence-corrected chi connectivity index (χ1v) is 7.79. The maximum Gasteiger partial charge on any atom is 0.0908 e. The van der Waals surface area contributed by atoms with Gasteiger partial charge < -0.3 is 10.2 Å². The highest BCUT2D eigenvalue weighted by atomic mass is 16.3. The van der Waals surface area contributed by atoms with Crippen LogP contribution in [0.5, 0.6) is 0 Å². The second-order valence-corrected chi connectivity index (χ2v) is 6.88. The third kappa shape index (κ3) is 3.24. The number of hydrogen-bond donors (Lipinski definition) is 2. The van der Waals surface area contributed by atoms with Crippen molar-refractivity contribution in [3.63, 3.8) is 0 Å². The molecule has 0 heterocycles. The Morgan fingerprint density at radius 3 is 2.15 bits per heavy atom. The van der Waals surface area contributed by atoms with Gasteiger partial charge in [0, 0.05) is 6.42 Å². The maximum absolute atomic E-state index is 10.7. The topological polar surface area (TPSA) is 40.5 Å². The van der Waals surface area contributed by atoms with Crippen LogP contribution in [0.3, 0.4) is 0 Å². The van der Waals surface area contributed by atoms with Crippen molar-refractivity contribution in [2.45, 2.75) is 71.5 Å². The fraction of sp³-hybridized carbons (Fsp3) is 0.667. The van der Waals surface area contributed by atoms with Crippen molar-refractivity contribution in [2.75, 3.05) is 0 Å². The molecule has 0 aliphatic heterocycles. The van der Waals surface area contributed by atoms with Crippen molar-refractivity contribution >= 4 is 0 Å². The number of rotatable bonds is 3. The summed E-state index contributed by atoms with van der Waals surface area (Å²) < 4.78 is 0. The van der Waals surface area contributed by atoms with E-state index >= 15 is 0 Å². The molecule has 1 unspecified atom stereocenters. The van der Waals surface area contributed by atoms with Crippen molar-refractivity contribution in [3.8, 4) is 0 Å². The van der Waals surface area contributed by atoms with E-state index in [2.05, 4.69) is 39.8 Å². The molecule has 112 valence electrons. The van der Waals surface area contributed by atoms with Crippen LogP contribution in [0.2, 0.25) is 0 Å². The summed E-state index contributed by atoms with van der Waals surface area (Å²) in [6.45, 7) is 8.50. The zero-order chi connectivity index (χ0) is 14.9. The molecule has 0 aromatic heterocycles. The predicted octanol–water partition coefficient (Wildman–Crippen LogP) is 3.46. The lowest BCUT2D eigenvalue weighted by Crippen LogP contribution is -2.46. The molecular weight excluding hydrogens is 248 g/mol. The molecule has 2 N–H and O–H groups in total. The lowest BCUT2D eigenvalue weighted by Gasteiger charge is -2.39. The minimum Gasteiger partial charge on any atom is -0.390 e. The molecule has 1 aromatic rings. The zero-order valence-electron chi connectivity index (χ0n) is 13.2. The third-order valence-corrected chi connectivity index (χ3v) is 5.00. The first-order chi connectivity index (χ1) is 9.32. The van der Waals surface area contributed by atoms with Gasteiger partial charge in [0.25, 0.3) is 0 Å². The molecule has 0 amide bonds. The monoisotopic (exact) mass is 276 g/mol. The number of hydrogen-bond acceptors (Lipinski definition) is 2. The Morgan fingerprint density at radius 1 is 1.15 bits per heavy atom. The normalized spacial score (nSPS) is 28.4. The van der Waals surface area contributed by atoms with Crippen molar-refractivity contribution in [3.05, 3.63) is 34.4 Å². The number of aryl methyl sites for hydroxylation is 3. The Bertz CT molecular complexity index is 447. The molecule has 1 aliphatic rings. The number of benzene rings is 1. The number of aliphatic hydroxyl groups is 2. The van der Waals surface area contributed by atoms with Gasteiger partial charge in [-0.1, -0.05) is 24.6 Å². The Kier molecular flexibility index (Phi) is 4.55. The van der Waals surface area contributed by atoms with Gasteiger partial charge in [-0.3, -0.25) is 0 Å². The first kappa shape index (κ1) is 15.5. The minimum absolute atomic E-state index is 0.558. The second kappa shape index (κ2) is 5.87. The van der Waals surface area contributed by atoms with Crippen LogP contribution in [-0.4, -0.2) is 21.9 Å². The van der Waals surface area contributed by atoms with E-state index < -0.39 is 11.7 Å². The predicted molar refractivity (Wildman–Crippen MR) is 82.9 cm³/mol. The van der Waals surface area contributed by atoms with E-state index in [9.17, 15) is 10.2 Å². The summed E-state index contributed by atoms with van der Waals surface area (Å²) in [5, 5.41) is 21.2. The van der Waals surface area contributed by atoms with E-state index in [0.29, 0.717) is 12.3 Å². The molecule has 0 radical (unpaired) electrons. The van der Waals surface area contributed by atoms with Crippen LogP contribution in [0.25, 0.3) is 0 Å². The molecule has 2 rings (SSSR count). The van der Waals surface area contributed by atoms with Crippen LogP contribution in [-0.2, 0) is 6.42 Å². The van der Waals surface area contributed by atoms with E-state index in [1.165, 1.54) is 22.3 Å². The van der Waals surface area contributed by atoms with Gasteiger partial charge in [-0.05, 0) is 69.1 Å². The molecule has 1 aliphatic carbocycles. The molecule has 1 atom stereocenters. The second-order valence-electron chi connectivity index (χ2n) is 6.88. The molecule has 0 spiro atoms. The highest BCUT2D eigenvalue weighted by Gasteiger charge is 2.38. The summed E-state index contributed by atoms with van der Waals surface area (Å²) in [6.07, 6.45) is 3.37. The SMILES string of the molecule is Cc1cc(C)c(CC(O)C2(O)CCC(C)CC2)c(C)c1. The van der Waals surface area contributed by atoms with Crippen LogP contribution < -0.4 is 0 Å². The Morgan fingerprint density at radius 2 is 1.65 bits per heavy atom. The van der Waals surface area contributed by atoms with Crippen molar-refractivity contribution in [2.24, 2.45) is 5.92 Å². The van der Waals surface area contributed by atoms with Gasteiger partial charge in [0.1, 0.15) is 0 Å². The summed E-state index contributed by atoms with van der Waals surface area (Å²) in [6, 6.07) is 4.31. The van der Waals surface area contributed by atoms with E-state index in [4.69, 9.17) is 0 Å². The van der Waals surface area contributed by atoms with Crippen LogP contribution in [0, 0.1) is 26.7 Å². The van der Waals surface area contributed by atoms with Crippen LogP contribution in [0.4, 0.5) is 0 Å². The molecule has 0 bridgehead atoms. The summed E-state index contributed by atoms with van der Waals surface area (Å²) >= 11 is 0. The van der Waals surface area contributed by atoms with E-state index in [1.54, 1.807) is 0 Å². The summed E-state index contributed by atoms with van der Waals surface area (Å²) in [5.74, 6) is 0.672. The van der Waals surface area contributed by atoms with Gasteiger partial charge in [-0.2, -0.15) is 0 Å². The fourth-order valence-electron chi connectivity index (χ4n) is 3.51. The van der Waals surface area contributed by atoms with Crippen LogP contribution in [0.1, 0.15) is 54.9 Å². The van der Waals surface area contributed by atoms with Crippen molar-refractivity contribution in [1.82, 2.24) is 0 Å². The summed E-state index contributed by atoms with van der Waals surface area (Å²) in [5.41, 5.74) is 3.98. The lowest BCUT2D eigenvalue weighted by molar-refractivity contribution is -0.102. The van der Waals surface area contributed by atoms with Crippen molar-refractivity contribution in [1.29, 1.82) is 0 Å². The largest absolute Gasteiger partial charge is 0.390 e. The van der Waals surface area contributed by atoms with E-state index in [-0.39, 0.29) is 0 Å². The molecular formula is C18H28O2. The van der Waals surface area contributed by atoms with E-state index in [1.807, 2.05) is 0 Å². The standard InChI is InChI=1S/C18H28O2/c1-12-5-7-18(20,8-6-12)17(19)11-16-14(3)9-13(2)10-15(16)4/h9-10,12,17,19-20H,5-8,11H2,1-4H3. The Labute approximate surface area is 122 Å². The quantitative estimate of drug-likeness (QED) is 0.887. The lowest BCUT2D eigenvalue weighted by atomic mass is 9.75. The van der Waals surface area contributed by atoms with Gasteiger partial charge in [-0.15, -0.1) is 0 Å². The molecule has 1 aromatic carbocycles. The molecule has 1 saturated carbocycles. The smallest absolute Gasteiger partial charge is 0.0908 e. The zero-order valence-corrected chi connectivity index (χ0v) is 13.2. The van der Waals surface area contributed by atoms with Gasteiger partial charge in [0.05, 0.1) is 11.7 Å². The summed E-state index contributed by atoms with van der Waals surface area (Å²) in [7, 11) is 0. The van der Waals surface area contributed by atoms with Crippen LogP contribution >= 0.6 is 0 Å². The minimum atomic E-state index is -0.893. The van der Waals surface area contributed by atoms with E-state index in [0.717, 1.165) is 25.7 Å². The highest BCUT2D eigenvalue weighted by Crippen LogP contribution is 2.35. The first-order valence-electron chi connectivity index (χ1n) is 7.79. The molecule has 2 heteroatoms. The Balaban J connectivity index is 2.14. The molecule has 2 nitrogen and oxygen atoms in total. The van der Waals surface area contributed by atoms with Gasteiger partial charge in [0.2, 0.25) is 0 Å². The van der Waals surface area contributed by atoms with Crippen LogP contribution in [0.15, 0.2) is 12.1 Å². The average Bonchev–Trinajstić information content (AvgIpc) is 2.37. The van der Waals surface area contributed by atoms with Gasteiger partial charge in [-0.25, -0.2) is 0 Å².